The third-order valence-electron chi connectivity index (χ3n) is 17.1. The first-order valence-corrected chi connectivity index (χ1v) is 26.4. The van der Waals surface area contributed by atoms with E-state index in [0.717, 1.165) is 55.7 Å². The number of nitrogens with zero attached hydrogens (tertiary/aromatic N) is 2. The molecule has 12 aromatic carbocycles. The molecular weight excluding hydrogens is 923 g/mol. The zero-order valence-electron chi connectivity index (χ0n) is 41.2. The topological polar surface area (TPSA) is 33.3 Å². The number of anilines is 2. The summed E-state index contributed by atoms with van der Waals surface area (Å²) in [6.07, 6.45) is 6.96. The van der Waals surface area contributed by atoms with E-state index in [4.69, 9.17) is 4.42 Å². The van der Waals surface area contributed by atoms with E-state index in [9.17, 15) is 0 Å². The van der Waals surface area contributed by atoms with Crippen molar-refractivity contribution >= 4 is 87.4 Å². The summed E-state index contributed by atoms with van der Waals surface area (Å²) in [4.78, 5) is 2.54. The number of furan rings is 1. The number of benzene rings is 12. The van der Waals surface area contributed by atoms with Crippen molar-refractivity contribution in [2.75, 3.05) is 4.90 Å². The van der Waals surface area contributed by atoms with Crippen molar-refractivity contribution in [3.8, 4) is 27.9 Å². The Morgan fingerprint density at radius 2 is 1.01 bits per heavy atom. The first kappa shape index (κ1) is 41.6. The van der Waals surface area contributed by atoms with Crippen LogP contribution in [-0.2, 0) is 5.41 Å². The fourth-order valence-electron chi connectivity index (χ4n) is 14.0. The average molecular weight is 968 g/mol. The predicted octanol–water partition coefficient (Wildman–Crippen LogP) is 18.4. The van der Waals surface area contributed by atoms with Crippen LogP contribution in [0.1, 0.15) is 33.9 Å². The number of aromatic nitrogens is 1. The predicted molar refractivity (Wildman–Crippen MR) is 315 cm³/mol. The van der Waals surface area contributed by atoms with E-state index in [0.29, 0.717) is 0 Å². The Morgan fingerprint density at radius 3 is 1.84 bits per heavy atom. The van der Waals surface area contributed by atoms with Gasteiger partial charge in [0.25, 0.3) is 0 Å². The molecule has 17 rings (SSSR count). The van der Waals surface area contributed by atoms with Gasteiger partial charge >= 0.3 is 0 Å². The molecule has 4 nitrogen and oxygen atoms in total. The van der Waals surface area contributed by atoms with Gasteiger partial charge in [0.1, 0.15) is 11.2 Å². The number of nitrogens with one attached hydrogen (secondary N) is 1. The Bertz CT molecular complexity index is 4850. The van der Waals surface area contributed by atoms with Crippen LogP contribution in [0.15, 0.2) is 271 Å². The molecule has 4 heteroatoms. The molecule has 0 saturated carbocycles. The van der Waals surface area contributed by atoms with Crippen molar-refractivity contribution in [3.05, 3.63) is 295 Å². The van der Waals surface area contributed by atoms with Gasteiger partial charge in [-0.3, -0.25) is 0 Å². The van der Waals surface area contributed by atoms with Crippen LogP contribution in [0.2, 0.25) is 0 Å². The molecule has 1 aliphatic heterocycles. The van der Waals surface area contributed by atoms with Gasteiger partial charge in [-0.25, -0.2) is 0 Å². The minimum atomic E-state index is -0.496. The molecule has 0 radical (unpaired) electrons. The zero-order valence-corrected chi connectivity index (χ0v) is 41.2. The van der Waals surface area contributed by atoms with E-state index in [2.05, 4.69) is 270 Å². The molecule has 3 aliphatic rings. The lowest BCUT2D eigenvalue weighted by Crippen LogP contribution is -2.26. The minimum Gasteiger partial charge on any atom is -0.456 e. The van der Waals surface area contributed by atoms with Crippen LogP contribution in [0.25, 0.3) is 104 Å². The summed E-state index contributed by atoms with van der Waals surface area (Å²) in [5, 5.41) is 16.2. The Morgan fingerprint density at radius 1 is 0.421 bits per heavy atom. The molecule has 354 valence electrons. The maximum absolute atomic E-state index is 6.35. The number of rotatable bonds is 5. The summed E-state index contributed by atoms with van der Waals surface area (Å²) in [6, 6.07) is 89.6. The second kappa shape index (κ2) is 15.6. The summed E-state index contributed by atoms with van der Waals surface area (Å²) in [5.74, 6) is 0. The van der Waals surface area contributed by atoms with E-state index in [-0.39, 0.29) is 6.04 Å². The molecule has 0 saturated heterocycles. The number of allylic oxidation sites excluding steroid dienone is 1. The fraction of sp³-hybridized carbons (Fsp3) is 0.0278. The quantitative estimate of drug-likeness (QED) is 0.175. The smallest absolute Gasteiger partial charge is 0.135 e. The van der Waals surface area contributed by atoms with E-state index in [1.807, 2.05) is 6.07 Å². The van der Waals surface area contributed by atoms with E-state index in [1.54, 1.807) is 0 Å². The summed E-state index contributed by atoms with van der Waals surface area (Å²) in [6.45, 7) is 0. The van der Waals surface area contributed by atoms with Crippen molar-refractivity contribution in [2.45, 2.75) is 11.5 Å². The largest absolute Gasteiger partial charge is 0.456 e. The standard InChI is InChI=1S/C72H45N3O/c1-2-17-47-44(16-1)34-37-50-48-23-13-24-54(51(48)39-38-49(47)50)63-40-35-46(43-73-63)75(65-30-14-28-62-70(65)56-21-5-10-27-61(56)72(62)59-25-8-3-18-52(59)53-19-4-9-26-60(53)72)67-32-15-31-66-71(67)57-22-6-11-29-64(57)74(66)45-36-41-69-58(42-45)55-20-7-12-33-68(55)76-69/h1-43,63,73H. The van der Waals surface area contributed by atoms with Crippen LogP contribution < -0.4 is 10.2 Å². The van der Waals surface area contributed by atoms with Gasteiger partial charge < -0.3 is 19.2 Å². The van der Waals surface area contributed by atoms with Gasteiger partial charge in [0, 0.05) is 39.0 Å². The van der Waals surface area contributed by atoms with Crippen LogP contribution >= 0.6 is 0 Å². The lowest BCUT2D eigenvalue weighted by Gasteiger charge is -2.33. The highest BCUT2D eigenvalue weighted by Crippen LogP contribution is 2.64. The minimum absolute atomic E-state index is 0.0594. The molecule has 1 atom stereocenters. The van der Waals surface area contributed by atoms with Crippen LogP contribution in [0, 0.1) is 0 Å². The summed E-state index contributed by atoms with van der Waals surface area (Å²) in [5.41, 5.74) is 19.5. The average Bonchev–Trinajstić information content (AvgIpc) is 4.41. The van der Waals surface area contributed by atoms with Crippen LogP contribution in [0.4, 0.5) is 11.4 Å². The zero-order chi connectivity index (χ0) is 49.6. The number of hydrogen-bond donors (Lipinski definition) is 1. The van der Waals surface area contributed by atoms with Crippen molar-refractivity contribution in [1.29, 1.82) is 0 Å². The molecule has 1 unspecified atom stereocenters. The molecule has 76 heavy (non-hydrogen) atoms. The molecule has 14 aromatic rings. The van der Waals surface area contributed by atoms with E-state index < -0.39 is 5.41 Å². The lowest BCUT2D eigenvalue weighted by molar-refractivity contribution is 0.669. The number of hydrogen-bond acceptors (Lipinski definition) is 3. The summed E-state index contributed by atoms with van der Waals surface area (Å²) < 4.78 is 8.79. The second-order valence-corrected chi connectivity index (χ2v) is 20.7. The van der Waals surface area contributed by atoms with Gasteiger partial charge in [-0.05, 0) is 131 Å². The first-order valence-electron chi connectivity index (χ1n) is 26.4. The molecule has 1 spiro atoms. The fourth-order valence-corrected chi connectivity index (χ4v) is 14.0. The van der Waals surface area contributed by atoms with Gasteiger partial charge in [0.05, 0.1) is 39.6 Å². The van der Waals surface area contributed by atoms with Crippen LogP contribution in [0.3, 0.4) is 0 Å². The SMILES string of the molecule is C1=CC(c2cccc3c2ccc2c4ccccc4ccc32)NC=C1N(c1cccc2c1-c1ccccc1C21c2ccccc2-c2ccccc21)c1cccc2c1c1ccccc1n2-c1ccc2oc3ccccc3c2c1. The van der Waals surface area contributed by atoms with Gasteiger partial charge in [-0.1, -0.05) is 200 Å². The number of fused-ring (bicyclic) bond motifs is 21. The van der Waals surface area contributed by atoms with E-state index in [1.165, 1.54) is 93.2 Å². The van der Waals surface area contributed by atoms with Crippen molar-refractivity contribution in [3.63, 3.8) is 0 Å². The van der Waals surface area contributed by atoms with Gasteiger partial charge in [0.15, 0.2) is 0 Å². The molecule has 0 bridgehead atoms. The monoisotopic (exact) mass is 967 g/mol. The highest BCUT2D eigenvalue weighted by molar-refractivity contribution is 6.19. The van der Waals surface area contributed by atoms with Crippen molar-refractivity contribution < 1.29 is 4.42 Å². The molecular formula is C72H45N3O. The third kappa shape index (κ3) is 5.52. The molecule has 3 heterocycles. The maximum atomic E-state index is 6.35. The Balaban J connectivity index is 0.896. The van der Waals surface area contributed by atoms with Crippen LogP contribution in [-0.4, -0.2) is 4.57 Å². The number of para-hydroxylation sites is 2. The highest BCUT2D eigenvalue weighted by atomic mass is 16.3. The normalized spacial score (nSPS) is 14.9. The Labute approximate surface area is 438 Å². The molecule has 2 aliphatic carbocycles. The summed E-state index contributed by atoms with van der Waals surface area (Å²) >= 11 is 0. The third-order valence-corrected chi connectivity index (χ3v) is 17.1. The molecule has 2 aromatic heterocycles. The van der Waals surface area contributed by atoms with E-state index >= 15 is 0 Å². The lowest BCUT2D eigenvalue weighted by atomic mass is 9.70. The van der Waals surface area contributed by atoms with Crippen molar-refractivity contribution in [1.82, 2.24) is 9.88 Å². The molecule has 0 fully saturated rings. The Hall–Kier alpha value is -9.90. The second-order valence-electron chi connectivity index (χ2n) is 20.7. The Kier molecular flexibility index (Phi) is 8.51. The van der Waals surface area contributed by atoms with Crippen LogP contribution in [0.5, 0.6) is 0 Å². The summed E-state index contributed by atoms with van der Waals surface area (Å²) in [7, 11) is 0. The van der Waals surface area contributed by atoms with Crippen molar-refractivity contribution in [2.24, 2.45) is 0 Å². The number of dihydropyridines is 1. The van der Waals surface area contributed by atoms with Gasteiger partial charge in [0.2, 0.25) is 0 Å². The molecule has 1 N–H and O–H groups in total. The highest BCUT2D eigenvalue weighted by Gasteiger charge is 2.52. The first-order chi connectivity index (χ1) is 37.7. The van der Waals surface area contributed by atoms with Gasteiger partial charge in [-0.2, -0.15) is 0 Å². The van der Waals surface area contributed by atoms with Gasteiger partial charge in [-0.15, -0.1) is 0 Å². The maximum Gasteiger partial charge on any atom is 0.135 e. The molecule has 0 amide bonds.